The van der Waals surface area contributed by atoms with E-state index in [1.54, 1.807) is 37.2 Å². The summed E-state index contributed by atoms with van der Waals surface area (Å²) < 4.78 is 0. The molecule has 4 unspecified atom stereocenters. The summed E-state index contributed by atoms with van der Waals surface area (Å²) in [4.78, 5) is 46.4. The predicted molar refractivity (Wildman–Crippen MR) is 357 cm³/mol. The van der Waals surface area contributed by atoms with E-state index in [4.69, 9.17) is 30.1 Å². The Morgan fingerprint density at radius 2 is 0.646 bits per heavy atom. The first kappa shape index (κ1) is 58.9. The van der Waals surface area contributed by atoms with Crippen LogP contribution in [0, 0.1) is 25.5 Å². The van der Waals surface area contributed by atoms with E-state index in [0.717, 1.165) is 146 Å². The predicted octanol–water partition coefficient (Wildman–Crippen LogP) is 12.3. The number of rotatable bonds is 8. The Labute approximate surface area is 581 Å². The molecule has 468 valence electrons. The van der Waals surface area contributed by atoms with E-state index in [0.29, 0.717) is 0 Å². The molecule has 20 rings (SSSR count). The normalized spacial score (nSPS) is 19.6. The molecule has 0 radical (unpaired) electrons. The van der Waals surface area contributed by atoms with Crippen LogP contribution in [0.3, 0.4) is 0 Å². The maximum atomic E-state index is 4.90. The molecule has 4 atom stereocenters. The Balaban J connectivity index is 0.000000142. The van der Waals surface area contributed by atoms with E-state index in [-0.39, 0.29) is 42.1 Å². The summed E-state index contributed by atoms with van der Waals surface area (Å²) in [5.41, 5.74) is 20.0. The van der Waals surface area contributed by atoms with Crippen LogP contribution >= 0.6 is 0 Å². The van der Waals surface area contributed by atoms with E-state index < -0.39 is 21.9 Å². The van der Waals surface area contributed by atoms with Gasteiger partial charge in [0.15, 0.2) is 0 Å². The molecule has 6 aliphatic rings. The molecule has 96 heavy (non-hydrogen) atoms. The molecule has 0 bridgehead atoms. The largest absolute Gasteiger partial charge is 0.581 e. The van der Waals surface area contributed by atoms with Gasteiger partial charge in [-0.2, -0.15) is 74.3 Å². The van der Waals surface area contributed by atoms with Crippen molar-refractivity contribution in [3.63, 3.8) is 0 Å². The number of anilines is 4. The topological polar surface area (TPSA) is 170 Å². The molecule has 8 aromatic heterocycles. The van der Waals surface area contributed by atoms with Gasteiger partial charge in [0.1, 0.15) is 23.3 Å². The molecule has 0 spiro atoms. The third-order valence-electron chi connectivity index (χ3n) is 19.9. The van der Waals surface area contributed by atoms with Crippen molar-refractivity contribution < 1.29 is 42.1 Å². The van der Waals surface area contributed by atoms with Gasteiger partial charge in [-0.3, -0.25) is 19.9 Å². The average molecular weight is 1600 g/mol. The fourth-order valence-electron chi connectivity index (χ4n) is 16.4. The van der Waals surface area contributed by atoms with Crippen molar-refractivity contribution in [2.45, 2.75) is 21.9 Å². The Bertz CT molecular complexity index is 4860. The van der Waals surface area contributed by atoms with E-state index in [2.05, 4.69) is 223 Å². The fraction of sp³-hybridized carbons (Fsp3) is 0.0769. The van der Waals surface area contributed by atoms with Crippen LogP contribution in [0.1, 0.15) is 78.1 Å². The van der Waals surface area contributed by atoms with Crippen molar-refractivity contribution in [3.8, 4) is 44.5 Å². The van der Waals surface area contributed by atoms with Crippen LogP contribution in [0.4, 0.5) is 23.3 Å². The number of nitrogens with zero attached hydrogens (tertiary/aromatic N) is 16. The quantitative estimate of drug-likeness (QED) is 0.132. The molecule has 14 aromatic rings. The van der Waals surface area contributed by atoms with E-state index >= 15 is 0 Å². The molecule has 16 nitrogen and oxygen atoms in total. The Kier molecular flexibility index (Phi) is 13.7. The third-order valence-corrected chi connectivity index (χ3v) is 19.9. The smallest absolute Gasteiger partial charge is 0.142 e. The van der Waals surface area contributed by atoms with Gasteiger partial charge in [0.05, 0.1) is 21.9 Å². The fourth-order valence-corrected chi connectivity index (χ4v) is 16.4. The van der Waals surface area contributed by atoms with Crippen LogP contribution < -0.4 is 29.8 Å². The maximum Gasteiger partial charge on any atom is 0.142 e. The first-order valence-electron chi connectivity index (χ1n) is 31.0. The second-order valence-electron chi connectivity index (χ2n) is 24.2. The number of hydrogen-bond donors (Lipinski definition) is 0. The first-order valence-corrected chi connectivity index (χ1v) is 31.0. The standard InChI is InChI=1S/2C39H25N8.2Pt/c2*1-46-24-47(37-36(46)42-19-20-43-37)39(32-12-5-3-10-28(32)30-14-17-41-23-34(30)39)26-8-6-7-25(21-26)38(35-15-18-44-45-35)31-11-4-2-9-27(31)29-13-16-40-22-33(29)38;;/h2*2-20,22-24H,1H3;;/q2*-3;;. The van der Waals surface area contributed by atoms with Crippen molar-refractivity contribution in [2.24, 2.45) is 0 Å². The molecule has 0 saturated heterocycles. The molecular formula is C78H50N16Pt2-6. The van der Waals surface area contributed by atoms with Gasteiger partial charge in [0.2, 0.25) is 0 Å². The Morgan fingerprint density at radius 3 is 1.03 bits per heavy atom. The van der Waals surface area contributed by atoms with Gasteiger partial charge < -0.3 is 40.0 Å². The second kappa shape index (κ2) is 22.4. The zero-order chi connectivity index (χ0) is 62.3. The minimum absolute atomic E-state index is 0. The van der Waals surface area contributed by atoms with E-state index in [1.807, 2.05) is 85.6 Å². The molecule has 0 fully saturated rings. The summed E-state index contributed by atoms with van der Waals surface area (Å²) >= 11 is 0. The van der Waals surface area contributed by atoms with Crippen LogP contribution in [0.5, 0.6) is 0 Å². The summed E-state index contributed by atoms with van der Waals surface area (Å²) in [6.07, 6.45) is 25.8. The van der Waals surface area contributed by atoms with Crippen LogP contribution in [0.15, 0.2) is 257 Å². The Hall–Kier alpha value is -10.9. The molecule has 0 amide bonds. The molecular weight excluding hydrogens is 1550 g/mol. The van der Waals surface area contributed by atoms with Gasteiger partial charge in [0.25, 0.3) is 0 Å². The van der Waals surface area contributed by atoms with Gasteiger partial charge in [-0.15, -0.1) is 22.3 Å². The number of fused-ring (bicyclic) bond motifs is 14. The van der Waals surface area contributed by atoms with Crippen molar-refractivity contribution in [2.75, 3.05) is 33.7 Å². The SMILES string of the molecule is CN1[CH-]N(C2(c3[c-]c(C4(c5cc[n-]n5)c5ccccc5-c5ccncc54)ccc3)c3ccccc3-c3ccncc32)c2nccnc21.CN1[CH-]N(C2(c3[c-]c(C4(c5cc[n-]n5)c5ccccc5-c5ccncc54)ccc3)c3ccccc3-c3ccncc32)c2nccnc21.[Pt].[Pt]. The van der Waals surface area contributed by atoms with Gasteiger partial charge in [0, 0.05) is 139 Å². The number of pyridine rings is 4. The first-order chi connectivity index (χ1) is 46.5. The zero-order valence-corrected chi connectivity index (χ0v) is 55.7. The van der Waals surface area contributed by atoms with Crippen molar-refractivity contribution in [1.82, 2.24) is 60.3 Å². The number of benzene rings is 6. The minimum Gasteiger partial charge on any atom is -0.581 e. The molecule has 10 heterocycles. The number of hydrogen-bond acceptors (Lipinski definition) is 14. The maximum absolute atomic E-state index is 4.90. The van der Waals surface area contributed by atoms with Crippen molar-refractivity contribution >= 4 is 23.3 Å². The number of aromatic nitrogens is 12. The summed E-state index contributed by atoms with van der Waals surface area (Å²) in [7, 11) is 4.02. The van der Waals surface area contributed by atoms with E-state index in [1.165, 1.54) is 0 Å². The third kappa shape index (κ3) is 7.73. The summed E-state index contributed by atoms with van der Waals surface area (Å²) in [5.74, 6) is 3.09. The summed E-state index contributed by atoms with van der Waals surface area (Å²) in [5, 5.41) is 18.1. The molecule has 4 aliphatic carbocycles. The van der Waals surface area contributed by atoms with E-state index in [9.17, 15) is 0 Å². The van der Waals surface area contributed by atoms with Crippen molar-refractivity contribution in [1.29, 1.82) is 0 Å². The van der Waals surface area contributed by atoms with Crippen LogP contribution in [-0.4, -0.2) is 64.2 Å². The summed E-state index contributed by atoms with van der Waals surface area (Å²) in [6.45, 7) is 4.18. The Morgan fingerprint density at radius 1 is 0.323 bits per heavy atom. The van der Waals surface area contributed by atoms with Crippen LogP contribution in [-0.2, 0) is 64.0 Å². The van der Waals surface area contributed by atoms with Gasteiger partial charge in [-0.05, 0) is 116 Å². The summed E-state index contributed by atoms with van der Waals surface area (Å²) in [6, 6.07) is 67.7. The molecule has 0 N–H and O–H groups in total. The van der Waals surface area contributed by atoms with Gasteiger partial charge >= 0.3 is 0 Å². The van der Waals surface area contributed by atoms with Crippen LogP contribution in [0.25, 0.3) is 44.5 Å². The van der Waals surface area contributed by atoms with Crippen molar-refractivity contribution in [3.05, 3.63) is 360 Å². The molecule has 18 heteroatoms. The van der Waals surface area contributed by atoms with Gasteiger partial charge in [-0.1, -0.05) is 109 Å². The second-order valence-corrected chi connectivity index (χ2v) is 24.2. The van der Waals surface area contributed by atoms with Crippen LogP contribution in [0.2, 0.25) is 0 Å². The molecule has 6 aromatic carbocycles. The zero-order valence-electron chi connectivity index (χ0n) is 51.2. The molecule has 0 saturated carbocycles. The van der Waals surface area contributed by atoms with Gasteiger partial charge in [-0.25, -0.2) is 19.9 Å². The molecule has 2 aliphatic heterocycles. The average Bonchev–Trinajstić information content (AvgIpc) is 1.53. The minimum atomic E-state index is -0.861. The monoisotopic (exact) mass is 1600 g/mol.